The van der Waals surface area contributed by atoms with E-state index in [4.69, 9.17) is 19.0 Å². The topological polar surface area (TPSA) is 157 Å². The molecule has 14 heteroatoms. The number of carbonyl (C=O) groups is 4. The molecule has 13 nitrogen and oxygen atoms in total. The molecular formula is C38H49N5O8S. The second-order valence-corrected chi connectivity index (χ2v) is 16.1. The highest BCUT2D eigenvalue weighted by Gasteiger charge is 2.64. The number of nitrogens with zero attached hydrogens (tertiary/aromatic N) is 2. The number of thiazole rings is 1. The van der Waals surface area contributed by atoms with Crippen molar-refractivity contribution in [1.29, 1.82) is 0 Å². The standard InChI is InChI=1S/C38H49N5O8S/c1-23-13-9-6-7-12-16-29(39-35(47)50-37(2,3)4)33(45)43-22-26(49-36-40-28-18-17-25(48-5)20-31(28)52-36)19-30(43)32(44)41-38(21-27(23)38)34(46)42-51-24-14-10-8-11-15-24/h8,10-11,14-15,17-18,20,23,26-27,29-30H,6-7,9,12-13,16,19,21-22H2,1-5H3,(H,39,47)(H,41,44)(H,42,46)/t23?,26-,27+,29+,30+,38-/m1/s1. The quantitative estimate of drug-likeness (QED) is 0.266. The second kappa shape index (κ2) is 15.6. The number of amides is 4. The molecule has 6 rings (SSSR count). The van der Waals surface area contributed by atoms with Gasteiger partial charge in [-0.15, -0.1) is 0 Å². The Morgan fingerprint density at radius 2 is 1.77 bits per heavy atom. The maximum Gasteiger partial charge on any atom is 0.408 e. The Bertz CT molecular complexity index is 1760. The number of carbonyl (C=O) groups excluding carboxylic acids is 4. The van der Waals surface area contributed by atoms with Gasteiger partial charge in [0.2, 0.25) is 11.8 Å². The summed E-state index contributed by atoms with van der Waals surface area (Å²) in [5, 5.41) is 6.27. The Labute approximate surface area is 308 Å². The van der Waals surface area contributed by atoms with Gasteiger partial charge in [0.1, 0.15) is 35.1 Å². The van der Waals surface area contributed by atoms with E-state index in [0.29, 0.717) is 36.0 Å². The van der Waals surface area contributed by atoms with Crippen LogP contribution in [0.25, 0.3) is 10.2 Å². The molecule has 4 amide bonds. The molecule has 1 saturated carbocycles. The molecule has 1 aromatic heterocycles. The molecule has 0 bridgehead atoms. The highest BCUT2D eigenvalue weighted by molar-refractivity contribution is 7.20. The summed E-state index contributed by atoms with van der Waals surface area (Å²) in [5.74, 6) is -0.115. The van der Waals surface area contributed by atoms with Crippen molar-refractivity contribution in [3.63, 3.8) is 0 Å². The van der Waals surface area contributed by atoms with E-state index in [1.165, 1.54) is 16.2 Å². The molecule has 1 unspecified atom stereocenters. The Morgan fingerprint density at radius 3 is 2.50 bits per heavy atom. The predicted octanol–water partition coefficient (Wildman–Crippen LogP) is 5.52. The summed E-state index contributed by atoms with van der Waals surface area (Å²) in [7, 11) is 1.60. The molecule has 0 spiro atoms. The van der Waals surface area contributed by atoms with E-state index < -0.39 is 53.1 Å². The number of nitrogens with one attached hydrogen (secondary N) is 3. The van der Waals surface area contributed by atoms with Crippen LogP contribution in [-0.4, -0.2) is 76.7 Å². The van der Waals surface area contributed by atoms with Crippen molar-refractivity contribution in [1.82, 2.24) is 26.0 Å². The van der Waals surface area contributed by atoms with E-state index in [9.17, 15) is 19.2 Å². The van der Waals surface area contributed by atoms with Crippen LogP contribution in [0.15, 0.2) is 48.5 Å². The Morgan fingerprint density at radius 1 is 1.02 bits per heavy atom. The number of fused-ring (bicyclic) bond motifs is 3. The molecule has 3 heterocycles. The largest absolute Gasteiger partial charge is 0.497 e. The van der Waals surface area contributed by atoms with Crippen LogP contribution in [-0.2, 0) is 19.1 Å². The number of benzene rings is 2. The first kappa shape index (κ1) is 37.2. The average Bonchev–Trinajstić information content (AvgIpc) is 3.45. The first-order chi connectivity index (χ1) is 24.8. The van der Waals surface area contributed by atoms with Crippen LogP contribution in [0.3, 0.4) is 0 Å². The number of ether oxygens (including phenoxy) is 3. The molecule has 3 aliphatic rings. The molecule has 3 aromatic rings. The van der Waals surface area contributed by atoms with Crippen molar-refractivity contribution in [3.8, 4) is 16.7 Å². The maximum atomic E-state index is 14.4. The minimum absolute atomic E-state index is 0.0822. The van der Waals surface area contributed by atoms with Crippen LogP contribution in [0.1, 0.15) is 79.1 Å². The fourth-order valence-corrected chi connectivity index (χ4v) is 8.19. The van der Waals surface area contributed by atoms with E-state index in [0.717, 1.165) is 35.9 Å². The summed E-state index contributed by atoms with van der Waals surface area (Å²) in [6.45, 7) is 7.47. The zero-order chi connectivity index (χ0) is 37.0. The number of alkyl carbamates (subject to hydrolysis) is 1. The lowest BCUT2D eigenvalue weighted by molar-refractivity contribution is -0.142. The van der Waals surface area contributed by atoms with Gasteiger partial charge in [-0.1, -0.05) is 68.6 Å². The molecule has 2 saturated heterocycles. The summed E-state index contributed by atoms with van der Waals surface area (Å²) >= 11 is 1.35. The monoisotopic (exact) mass is 735 g/mol. The van der Waals surface area contributed by atoms with Crippen molar-refractivity contribution >= 4 is 45.4 Å². The minimum atomic E-state index is -1.21. The molecule has 280 valence electrons. The number of hydroxylamine groups is 1. The number of hydrogen-bond acceptors (Lipinski definition) is 10. The number of methoxy groups -OCH3 is 1. The Kier molecular flexibility index (Phi) is 11.1. The van der Waals surface area contributed by atoms with Gasteiger partial charge in [-0.2, -0.15) is 5.48 Å². The fourth-order valence-electron chi connectivity index (χ4n) is 7.28. The van der Waals surface area contributed by atoms with Crippen molar-refractivity contribution in [2.45, 2.75) is 108 Å². The Balaban J connectivity index is 1.28. The first-order valence-corrected chi connectivity index (χ1v) is 18.9. The van der Waals surface area contributed by atoms with Crippen LogP contribution >= 0.6 is 11.3 Å². The first-order valence-electron chi connectivity index (χ1n) is 18.1. The SMILES string of the molecule is COc1ccc2nc(O[C@@H]3C[C@H]4C(=O)N[C@]5(C(=O)NOc6ccccc6)C[C@H]5C(C)CCCCCC[C@H](NC(=O)OC(C)(C)C)C(=O)N4C3)sc2c1. The lowest BCUT2D eigenvalue weighted by atomic mass is 9.94. The highest BCUT2D eigenvalue weighted by atomic mass is 32.1. The highest BCUT2D eigenvalue weighted by Crippen LogP contribution is 2.50. The van der Waals surface area contributed by atoms with Gasteiger partial charge in [-0.3, -0.25) is 14.4 Å². The smallest absolute Gasteiger partial charge is 0.408 e. The molecule has 2 aliphatic heterocycles. The van der Waals surface area contributed by atoms with Crippen LogP contribution in [0.2, 0.25) is 0 Å². The molecule has 52 heavy (non-hydrogen) atoms. The number of hydrogen-bond donors (Lipinski definition) is 3. The third-order valence-electron chi connectivity index (χ3n) is 10.0. The van der Waals surface area contributed by atoms with Crippen LogP contribution in [0.4, 0.5) is 4.79 Å². The summed E-state index contributed by atoms with van der Waals surface area (Å²) in [6, 6.07) is 12.5. The average molecular weight is 736 g/mol. The van der Waals surface area contributed by atoms with Gasteiger partial charge in [0, 0.05) is 6.42 Å². The van der Waals surface area contributed by atoms with Gasteiger partial charge in [-0.05, 0) is 75.8 Å². The molecule has 2 aromatic carbocycles. The van der Waals surface area contributed by atoms with Gasteiger partial charge < -0.3 is 34.6 Å². The van der Waals surface area contributed by atoms with Gasteiger partial charge >= 0.3 is 6.09 Å². The van der Waals surface area contributed by atoms with Gasteiger partial charge in [0.05, 0.1) is 23.9 Å². The summed E-state index contributed by atoms with van der Waals surface area (Å²) in [5.41, 5.74) is 1.34. The lowest BCUT2D eigenvalue weighted by Crippen LogP contribution is -2.58. The Hall–Kier alpha value is -4.59. The van der Waals surface area contributed by atoms with E-state index in [2.05, 4.69) is 28.0 Å². The zero-order valence-electron chi connectivity index (χ0n) is 30.4. The zero-order valence-corrected chi connectivity index (χ0v) is 31.3. The number of rotatable bonds is 7. The summed E-state index contributed by atoms with van der Waals surface area (Å²) in [6.07, 6.45) is 4.03. The van der Waals surface area contributed by atoms with Crippen LogP contribution < -0.4 is 30.4 Å². The van der Waals surface area contributed by atoms with Crippen molar-refractivity contribution in [2.75, 3.05) is 13.7 Å². The molecular weight excluding hydrogens is 687 g/mol. The van der Waals surface area contributed by atoms with Gasteiger partial charge in [0.25, 0.3) is 11.1 Å². The van der Waals surface area contributed by atoms with Gasteiger partial charge in [-0.25, -0.2) is 9.78 Å². The third-order valence-corrected chi connectivity index (χ3v) is 11.0. The summed E-state index contributed by atoms with van der Waals surface area (Å²) in [4.78, 5) is 67.4. The van der Waals surface area contributed by atoms with E-state index in [1.807, 2.05) is 24.3 Å². The summed E-state index contributed by atoms with van der Waals surface area (Å²) < 4.78 is 18.1. The van der Waals surface area contributed by atoms with E-state index in [1.54, 1.807) is 52.1 Å². The van der Waals surface area contributed by atoms with Crippen molar-refractivity contribution in [2.24, 2.45) is 11.8 Å². The molecule has 3 fully saturated rings. The third kappa shape index (κ3) is 8.71. The van der Waals surface area contributed by atoms with Crippen molar-refractivity contribution < 1.29 is 38.2 Å². The minimum Gasteiger partial charge on any atom is -0.497 e. The molecule has 6 atom stereocenters. The lowest BCUT2D eigenvalue weighted by Gasteiger charge is -2.30. The van der Waals surface area contributed by atoms with Gasteiger partial charge in [0.15, 0.2) is 5.75 Å². The normalized spacial score (nSPS) is 26.9. The van der Waals surface area contributed by atoms with Crippen LogP contribution in [0.5, 0.6) is 16.7 Å². The second-order valence-electron chi connectivity index (χ2n) is 15.1. The van der Waals surface area contributed by atoms with E-state index >= 15 is 0 Å². The molecule has 1 aliphatic carbocycles. The van der Waals surface area contributed by atoms with Crippen molar-refractivity contribution in [3.05, 3.63) is 48.5 Å². The van der Waals surface area contributed by atoms with E-state index in [-0.39, 0.29) is 24.8 Å². The molecule has 3 N–H and O–H groups in total. The van der Waals surface area contributed by atoms with Crippen LogP contribution in [0, 0.1) is 11.8 Å². The maximum absolute atomic E-state index is 14.4. The number of para-hydroxylation sites is 1. The molecule has 0 radical (unpaired) electrons. The predicted molar refractivity (Wildman–Crippen MR) is 195 cm³/mol. The number of aromatic nitrogens is 1. The fraction of sp³-hybridized carbons (Fsp3) is 0.553.